The van der Waals surface area contributed by atoms with Crippen molar-refractivity contribution in [3.8, 4) is 0 Å². The molecule has 11 heavy (non-hydrogen) atoms. The minimum Gasteiger partial charge on any atom is -0.375 e. The van der Waals surface area contributed by atoms with Crippen molar-refractivity contribution in [1.29, 1.82) is 0 Å². The first-order valence-electron chi connectivity index (χ1n) is 3.86. The van der Waals surface area contributed by atoms with Crippen molar-refractivity contribution in [3.05, 3.63) is 0 Å². The molecule has 0 unspecified atom stereocenters. The molecule has 1 saturated carbocycles. The molecule has 3 N–H and O–H groups in total. The molecule has 0 aromatic carbocycles. The summed E-state index contributed by atoms with van der Waals surface area (Å²) in [7, 11) is 0. The lowest BCUT2D eigenvalue weighted by Gasteiger charge is -2.00. The fourth-order valence-electron chi connectivity index (χ4n) is 1.00. The lowest BCUT2D eigenvalue weighted by atomic mass is 10.2. The fourth-order valence-corrected chi connectivity index (χ4v) is 1.05. The van der Waals surface area contributed by atoms with Crippen LogP contribution in [-0.4, -0.2) is 10.8 Å². The summed E-state index contributed by atoms with van der Waals surface area (Å²) < 4.78 is 0. The molecule has 0 amide bonds. The molecule has 0 spiro atoms. The Balaban J connectivity index is 2.38. The summed E-state index contributed by atoms with van der Waals surface area (Å²) in [4.78, 5) is 0. The van der Waals surface area contributed by atoms with Gasteiger partial charge in [-0.25, -0.2) is 0 Å². The van der Waals surface area contributed by atoms with E-state index in [9.17, 15) is 0 Å². The molecule has 0 atom stereocenters. The Kier molecular flexibility index (Phi) is 2.82. The molecule has 1 aliphatic carbocycles. The Hall–Kier alpha value is -0.640. The van der Waals surface area contributed by atoms with E-state index in [1.165, 1.54) is 18.6 Å². The third-order valence-electron chi connectivity index (χ3n) is 1.72. The van der Waals surface area contributed by atoms with E-state index in [4.69, 9.17) is 5.73 Å². The highest BCUT2D eigenvalue weighted by Crippen LogP contribution is 2.31. The first kappa shape index (κ1) is 8.46. The Morgan fingerprint density at radius 2 is 2.36 bits per heavy atom. The van der Waals surface area contributed by atoms with E-state index in [0.29, 0.717) is 5.92 Å². The predicted octanol–water partition coefficient (Wildman–Crippen LogP) is 0.996. The normalized spacial score (nSPS) is 18.1. The number of nitrogens with two attached hydrogens (primary N) is 1. The van der Waals surface area contributed by atoms with Gasteiger partial charge in [-0.05, 0) is 37.4 Å². The van der Waals surface area contributed by atoms with Crippen molar-refractivity contribution in [3.63, 3.8) is 0 Å². The summed E-state index contributed by atoms with van der Waals surface area (Å²) in [5, 5.41) is 4.35. The van der Waals surface area contributed by atoms with Gasteiger partial charge in [0, 0.05) is 5.71 Å². The maximum absolute atomic E-state index is 5.23. The molecule has 0 bridgehead atoms. The predicted molar refractivity (Wildman–Crippen MR) is 50.4 cm³/mol. The van der Waals surface area contributed by atoms with Crippen molar-refractivity contribution >= 4 is 23.0 Å². The van der Waals surface area contributed by atoms with Crippen LogP contribution in [0, 0.1) is 5.92 Å². The van der Waals surface area contributed by atoms with Gasteiger partial charge in [-0.15, -0.1) is 0 Å². The molecule has 0 aromatic rings. The van der Waals surface area contributed by atoms with Gasteiger partial charge in [-0.3, -0.25) is 5.43 Å². The fraction of sp³-hybridized carbons (Fsp3) is 0.714. The van der Waals surface area contributed by atoms with Gasteiger partial charge in [-0.1, -0.05) is 6.92 Å². The van der Waals surface area contributed by atoms with Crippen molar-refractivity contribution in [2.24, 2.45) is 16.8 Å². The summed E-state index contributed by atoms with van der Waals surface area (Å²) in [6.45, 7) is 2.10. The van der Waals surface area contributed by atoms with Crippen LogP contribution >= 0.6 is 12.2 Å². The zero-order valence-corrected chi connectivity index (χ0v) is 7.45. The number of hydrogen-bond donors (Lipinski definition) is 2. The molecular formula is C7H13N3S. The zero-order valence-electron chi connectivity index (χ0n) is 6.63. The zero-order chi connectivity index (χ0) is 8.27. The average Bonchev–Trinajstić information content (AvgIpc) is 2.72. The number of nitrogens with one attached hydrogen (secondary N) is 1. The van der Waals surface area contributed by atoms with Crippen LogP contribution in [-0.2, 0) is 0 Å². The second-order valence-electron chi connectivity index (χ2n) is 2.71. The third kappa shape index (κ3) is 2.84. The summed E-state index contributed by atoms with van der Waals surface area (Å²) in [6.07, 6.45) is 3.53. The lowest BCUT2D eigenvalue weighted by molar-refractivity contribution is 0.966. The van der Waals surface area contributed by atoms with E-state index in [2.05, 4.69) is 29.7 Å². The lowest BCUT2D eigenvalue weighted by Crippen LogP contribution is -2.25. The number of hydrazone groups is 1. The van der Waals surface area contributed by atoms with Gasteiger partial charge in [-0.2, -0.15) is 5.10 Å². The highest BCUT2D eigenvalue weighted by atomic mass is 32.1. The largest absolute Gasteiger partial charge is 0.375 e. The van der Waals surface area contributed by atoms with Gasteiger partial charge in [0.05, 0.1) is 0 Å². The quantitative estimate of drug-likeness (QED) is 0.378. The van der Waals surface area contributed by atoms with Crippen LogP contribution in [0.2, 0.25) is 0 Å². The molecular weight excluding hydrogens is 158 g/mol. The van der Waals surface area contributed by atoms with Crippen LogP contribution < -0.4 is 11.2 Å². The molecule has 0 saturated heterocycles. The first-order valence-corrected chi connectivity index (χ1v) is 4.26. The Bertz CT molecular complexity index is 184. The van der Waals surface area contributed by atoms with Crippen LogP contribution in [0.5, 0.6) is 0 Å². The van der Waals surface area contributed by atoms with Crippen molar-refractivity contribution in [1.82, 2.24) is 5.43 Å². The van der Waals surface area contributed by atoms with Gasteiger partial charge in [0.2, 0.25) is 0 Å². The Morgan fingerprint density at radius 3 is 2.73 bits per heavy atom. The number of thiocarbonyl (C=S) groups is 1. The molecule has 3 nitrogen and oxygen atoms in total. The van der Waals surface area contributed by atoms with E-state index >= 15 is 0 Å². The average molecular weight is 171 g/mol. The number of hydrogen-bond acceptors (Lipinski definition) is 2. The second-order valence-corrected chi connectivity index (χ2v) is 3.15. The van der Waals surface area contributed by atoms with Gasteiger partial charge in [0.1, 0.15) is 0 Å². The highest BCUT2D eigenvalue weighted by Gasteiger charge is 2.26. The topological polar surface area (TPSA) is 50.4 Å². The van der Waals surface area contributed by atoms with E-state index in [-0.39, 0.29) is 5.11 Å². The van der Waals surface area contributed by atoms with E-state index < -0.39 is 0 Å². The van der Waals surface area contributed by atoms with E-state index in [1.54, 1.807) is 0 Å². The summed E-state index contributed by atoms with van der Waals surface area (Å²) in [5.74, 6) is 0.696. The first-order chi connectivity index (χ1) is 5.24. The van der Waals surface area contributed by atoms with Crippen LogP contribution in [0.4, 0.5) is 0 Å². The second kappa shape index (κ2) is 3.67. The number of rotatable bonds is 3. The van der Waals surface area contributed by atoms with E-state index in [0.717, 1.165) is 6.42 Å². The van der Waals surface area contributed by atoms with Crippen LogP contribution in [0.15, 0.2) is 5.10 Å². The summed E-state index contributed by atoms with van der Waals surface area (Å²) in [5.41, 5.74) is 9.04. The number of nitrogens with zero attached hydrogens (tertiary/aromatic N) is 1. The molecule has 0 aliphatic heterocycles. The molecule has 0 aromatic heterocycles. The molecule has 1 fully saturated rings. The molecule has 0 radical (unpaired) electrons. The summed E-state index contributed by atoms with van der Waals surface area (Å²) in [6, 6.07) is 0. The van der Waals surface area contributed by atoms with E-state index in [1.807, 2.05) is 0 Å². The van der Waals surface area contributed by atoms with Crippen molar-refractivity contribution < 1.29 is 0 Å². The molecule has 4 heteroatoms. The monoisotopic (exact) mass is 171 g/mol. The maximum Gasteiger partial charge on any atom is 0.184 e. The van der Waals surface area contributed by atoms with Crippen molar-refractivity contribution in [2.75, 3.05) is 0 Å². The molecule has 1 aliphatic rings. The Morgan fingerprint density at radius 1 is 1.73 bits per heavy atom. The molecule has 62 valence electrons. The SMILES string of the molecule is CC/C(=N/NC(N)=S)C1CC1. The standard InChI is InChI=1S/C7H13N3S/c1-2-6(5-3-4-5)9-10-7(8)11/h5H,2-4H2,1H3,(H3,8,10,11)/b9-6-. The van der Waals surface area contributed by atoms with Gasteiger partial charge in [0.15, 0.2) is 5.11 Å². The highest BCUT2D eigenvalue weighted by molar-refractivity contribution is 7.80. The van der Waals surface area contributed by atoms with Crippen LogP contribution in [0.25, 0.3) is 0 Å². The maximum atomic E-state index is 5.23. The molecule has 1 rings (SSSR count). The van der Waals surface area contributed by atoms with Crippen LogP contribution in [0.1, 0.15) is 26.2 Å². The molecule has 0 heterocycles. The smallest absolute Gasteiger partial charge is 0.184 e. The summed E-state index contributed by atoms with van der Waals surface area (Å²) >= 11 is 4.63. The minimum atomic E-state index is 0.247. The van der Waals surface area contributed by atoms with Gasteiger partial charge >= 0.3 is 0 Å². The van der Waals surface area contributed by atoms with Crippen LogP contribution in [0.3, 0.4) is 0 Å². The third-order valence-corrected chi connectivity index (χ3v) is 1.81. The minimum absolute atomic E-state index is 0.247. The van der Waals surface area contributed by atoms with Gasteiger partial charge in [0.25, 0.3) is 0 Å². The van der Waals surface area contributed by atoms with Gasteiger partial charge < -0.3 is 5.73 Å². The Labute approximate surface area is 72.0 Å². The van der Waals surface area contributed by atoms with Crippen molar-refractivity contribution in [2.45, 2.75) is 26.2 Å².